The van der Waals surface area contributed by atoms with Crippen LogP contribution < -0.4 is 5.32 Å². The van der Waals surface area contributed by atoms with E-state index in [1.54, 1.807) is 6.07 Å². The Bertz CT molecular complexity index is 370. The Balaban J connectivity index is 1.89. The summed E-state index contributed by atoms with van der Waals surface area (Å²) in [5, 5.41) is 3.33. The maximum absolute atomic E-state index is 12.4. The standard InChI is InChI=1S/C13H15F2N/c14-13(15)11-5-1-3-10(9-11)4-2-8-16-12-6-7-12/h1-5,9,12-13,16H,6-8H2/b4-2+. The number of hydrogen-bond donors (Lipinski definition) is 1. The second kappa shape index (κ2) is 5.21. The summed E-state index contributed by atoms with van der Waals surface area (Å²) in [5.74, 6) is 0. The van der Waals surface area contributed by atoms with E-state index in [0.717, 1.165) is 12.1 Å². The molecule has 0 bridgehead atoms. The molecule has 0 radical (unpaired) electrons. The van der Waals surface area contributed by atoms with E-state index >= 15 is 0 Å². The van der Waals surface area contributed by atoms with Crippen LogP contribution >= 0.6 is 0 Å². The first-order valence-corrected chi connectivity index (χ1v) is 5.54. The summed E-state index contributed by atoms with van der Waals surface area (Å²) in [6.45, 7) is 0.809. The number of nitrogens with one attached hydrogen (secondary N) is 1. The Labute approximate surface area is 94.2 Å². The molecule has 1 aromatic carbocycles. The first-order valence-electron chi connectivity index (χ1n) is 5.54. The molecule has 0 spiro atoms. The predicted octanol–water partition coefficient (Wildman–Crippen LogP) is 3.39. The molecule has 1 aromatic rings. The van der Waals surface area contributed by atoms with Crippen LogP contribution in [0.4, 0.5) is 8.78 Å². The van der Waals surface area contributed by atoms with E-state index in [-0.39, 0.29) is 5.56 Å². The average molecular weight is 223 g/mol. The van der Waals surface area contributed by atoms with Crippen molar-refractivity contribution in [1.29, 1.82) is 0 Å². The van der Waals surface area contributed by atoms with Gasteiger partial charge in [0.15, 0.2) is 0 Å². The van der Waals surface area contributed by atoms with Crippen LogP contribution in [-0.2, 0) is 0 Å². The number of rotatable bonds is 5. The molecule has 16 heavy (non-hydrogen) atoms. The molecule has 1 nitrogen and oxygen atoms in total. The van der Waals surface area contributed by atoms with Gasteiger partial charge in [0, 0.05) is 18.2 Å². The van der Waals surface area contributed by atoms with Crippen molar-refractivity contribution >= 4 is 6.08 Å². The highest BCUT2D eigenvalue weighted by Gasteiger charge is 2.18. The van der Waals surface area contributed by atoms with Gasteiger partial charge < -0.3 is 5.32 Å². The first-order chi connectivity index (χ1) is 7.75. The zero-order valence-corrected chi connectivity index (χ0v) is 9.00. The molecule has 0 amide bonds. The van der Waals surface area contributed by atoms with E-state index in [2.05, 4.69) is 5.32 Å². The third-order valence-corrected chi connectivity index (χ3v) is 2.57. The lowest BCUT2D eigenvalue weighted by Gasteiger charge is -2.00. The molecule has 1 aliphatic rings. The molecule has 1 saturated carbocycles. The Morgan fingerprint density at radius 3 is 2.88 bits per heavy atom. The van der Waals surface area contributed by atoms with E-state index in [1.165, 1.54) is 25.0 Å². The van der Waals surface area contributed by atoms with Crippen molar-refractivity contribution in [2.24, 2.45) is 0 Å². The zero-order chi connectivity index (χ0) is 11.4. The van der Waals surface area contributed by atoms with Crippen molar-refractivity contribution in [2.45, 2.75) is 25.3 Å². The van der Waals surface area contributed by atoms with Crippen LogP contribution in [0.15, 0.2) is 30.3 Å². The number of halogens is 2. The highest BCUT2D eigenvalue weighted by atomic mass is 19.3. The molecule has 3 heteroatoms. The second-order valence-electron chi connectivity index (χ2n) is 4.06. The Morgan fingerprint density at radius 1 is 1.38 bits per heavy atom. The van der Waals surface area contributed by atoms with Gasteiger partial charge in [-0.3, -0.25) is 0 Å². The minimum Gasteiger partial charge on any atom is -0.311 e. The summed E-state index contributed by atoms with van der Waals surface area (Å²) in [7, 11) is 0. The van der Waals surface area contributed by atoms with Crippen LogP contribution in [-0.4, -0.2) is 12.6 Å². The molecule has 0 aromatic heterocycles. The lowest BCUT2D eigenvalue weighted by molar-refractivity contribution is 0.151. The van der Waals surface area contributed by atoms with E-state index in [0.29, 0.717) is 6.04 Å². The summed E-state index contributed by atoms with van der Waals surface area (Å²) in [6.07, 6.45) is 3.98. The van der Waals surface area contributed by atoms with Crippen LogP contribution in [0.1, 0.15) is 30.4 Å². The SMILES string of the molecule is FC(F)c1cccc(/C=C/CNC2CC2)c1. The lowest BCUT2D eigenvalue weighted by Crippen LogP contribution is -2.15. The highest BCUT2D eigenvalue weighted by molar-refractivity contribution is 5.50. The summed E-state index contributed by atoms with van der Waals surface area (Å²) in [6, 6.07) is 7.15. The third-order valence-electron chi connectivity index (χ3n) is 2.57. The van der Waals surface area contributed by atoms with Gasteiger partial charge in [-0.25, -0.2) is 8.78 Å². The van der Waals surface area contributed by atoms with Gasteiger partial charge in [0.25, 0.3) is 6.43 Å². The van der Waals surface area contributed by atoms with Gasteiger partial charge in [0.1, 0.15) is 0 Å². The summed E-state index contributed by atoms with van der Waals surface area (Å²) in [4.78, 5) is 0. The maximum Gasteiger partial charge on any atom is 0.263 e. The van der Waals surface area contributed by atoms with E-state index in [9.17, 15) is 8.78 Å². The molecule has 0 heterocycles. The topological polar surface area (TPSA) is 12.0 Å². The summed E-state index contributed by atoms with van der Waals surface area (Å²) < 4.78 is 24.8. The summed E-state index contributed by atoms with van der Waals surface area (Å²) >= 11 is 0. The number of benzene rings is 1. The minimum atomic E-state index is -2.39. The lowest BCUT2D eigenvalue weighted by atomic mass is 10.1. The van der Waals surface area contributed by atoms with Gasteiger partial charge in [0.2, 0.25) is 0 Å². The van der Waals surface area contributed by atoms with Gasteiger partial charge in [0.05, 0.1) is 0 Å². The molecule has 1 aliphatic carbocycles. The smallest absolute Gasteiger partial charge is 0.263 e. The van der Waals surface area contributed by atoms with Gasteiger partial charge in [-0.1, -0.05) is 30.4 Å². The highest BCUT2D eigenvalue weighted by Crippen LogP contribution is 2.20. The van der Waals surface area contributed by atoms with Crippen LogP contribution in [0.2, 0.25) is 0 Å². The first kappa shape index (κ1) is 11.3. The molecule has 1 N–H and O–H groups in total. The maximum atomic E-state index is 12.4. The van der Waals surface area contributed by atoms with Gasteiger partial charge in [-0.15, -0.1) is 0 Å². The van der Waals surface area contributed by atoms with Gasteiger partial charge in [-0.2, -0.15) is 0 Å². The molecule has 0 atom stereocenters. The molecular formula is C13H15F2N. The molecule has 0 aliphatic heterocycles. The van der Waals surface area contributed by atoms with Crippen LogP contribution in [0.5, 0.6) is 0 Å². The average Bonchev–Trinajstić information content (AvgIpc) is 3.09. The van der Waals surface area contributed by atoms with E-state index < -0.39 is 6.43 Å². The minimum absolute atomic E-state index is 0.0808. The quantitative estimate of drug-likeness (QED) is 0.806. The molecule has 86 valence electrons. The van der Waals surface area contributed by atoms with Crippen molar-refractivity contribution in [2.75, 3.05) is 6.54 Å². The van der Waals surface area contributed by atoms with Gasteiger partial charge >= 0.3 is 0 Å². The Hall–Kier alpha value is -1.22. The fourth-order valence-electron chi connectivity index (χ4n) is 1.52. The van der Waals surface area contributed by atoms with Crippen LogP contribution in [0.3, 0.4) is 0 Å². The normalized spacial score (nSPS) is 16.2. The van der Waals surface area contributed by atoms with Crippen molar-refractivity contribution < 1.29 is 8.78 Å². The summed E-state index contributed by atoms with van der Waals surface area (Å²) in [5.41, 5.74) is 0.910. The predicted molar refractivity (Wildman–Crippen MR) is 61.5 cm³/mol. The Kier molecular flexibility index (Phi) is 3.67. The number of alkyl halides is 2. The zero-order valence-electron chi connectivity index (χ0n) is 9.00. The molecule has 0 saturated heterocycles. The Morgan fingerprint density at radius 2 is 2.19 bits per heavy atom. The van der Waals surface area contributed by atoms with E-state index in [1.807, 2.05) is 18.2 Å². The molecule has 1 fully saturated rings. The fraction of sp³-hybridized carbons (Fsp3) is 0.385. The van der Waals surface area contributed by atoms with Crippen molar-refractivity contribution in [3.63, 3.8) is 0 Å². The molecule has 0 unspecified atom stereocenters. The number of hydrogen-bond acceptors (Lipinski definition) is 1. The van der Waals surface area contributed by atoms with E-state index in [4.69, 9.17) is 0 Å². The fourth-order valence-corrected chi connectivity index (χ4v) is 1.52. The monoisotopic (exact) mass is 223 g/mol. The van der Waals surface area contributed by atoms with Crippen molar-refractivity contribution in [1.82, 2.24) is 5.32 Å². The third kappa shape index (κ3) is 3.42. The van der Waals surface area contributed by atoms with Crippen molar-refractivity contribution in [3.05, 3.63) is 41.5 Å². The van der Waals surface area contributed by atoms with Crippen LogP contribution in [0.25, 0.3) is 6.08 Å². The largest absolute Gasteiger partial charge is 0.311 e. The second-order valence-corrected chi connectivity index (χ2v) is 4.06. The van der Waals surface area contributed by atoms with Gasteiger partial charge in [-0.05, 0) is 24.5 Å². The van der Waals surface area contributed by atoms with Crippen LogP contribution in [0, 0.1) is 0 Å². The molecular weight excluding hydrogens is 208 g/mol. The molecule has 2 rings (SSSR count). The van der Waals surface area contributed by atoms with Crippen molar-refractivity contribution in [3.8, 4) is 0 Å².